The monoisotopic (exact) mass is 381 g/mol. The number of carbonyl (C=O) groups is 1. The quantitative estimate of drug-likeness (QED) is 0.713. The predicted molar refractivity (Wildman–Crippen MR) is 100.0 cm³/mol. The first-order valence-electron chi connectivity index (χ1n) is 7.93. The second kappa shape index (κ2) is 6.65. The number of benzene rings is 1. The molecule has 1 aliphatic heterocycles. The molecule has 0 spiro atoms. The zero-order valence-corrected chi connectivity index (χ0v) is 15.9. The Balaban J connectivity index is 1.76. The Hall–Kier alpha value is -1.54. The number of hydrogen-bond donors (Lipinski definition) is 0. The maximum atomic E-state index is 14.2. The van der Waals surface area contributed by atoms with Gasteiger partial charge in [-0.2, -0.15) is 4.37 Å². The van der Waals surface area contributed by atoms with Crippen LogP contribution in [0.5, 0.6) is 0 Å². The van der Waals surface area contributed by atoms with E-state index in [-0.39, 0.29) is 22.1 Å². The molecule has 1 aliphatic rings. The van der Waals surface area contributed by atoms with Crippen LogP contribution in [0.1, 0.15) is 20.8 Å². The summed E-state index contributed by atoms with van der Waals surface area (Å²) in [6.45, 7) is 7.80. The molecule has 132 valence electrons. The summed E-state index contributed by atoms with van der Waals surface area (Å²) in [6, 6.07) is 1.65. The van der Waals surface area contributed by atoms with E-state index in [1.807, 2.05) is 20.8 Å². The molecular formula is C16H18BClFN3O2S. The van der Waals surface area contributed by atoms with E-state index in [1.54, 1.807) is 11.0 Å². The second-order valence-electron chi connectivity index (χ2n) is 6.92. The number of anilines is 1. The fourth-order valence-electron chi connectivity index (χ4n) is 2.66. The molecule has 25 heavy (non-hydrogen) atoms. The molecule has 1 fully saturated rings. The Morgan fingerprint density at radius 3 is 2.60 bits per heavy atom. The van der Waals surface area contributed by atoms with Crippen LogP contribution in [0.4, 0.5) is 14.2 Å². The van der Waals surface area contributed by atoms with Crippen molar-refractivity contribution in [3.63, 3.8) is 0 Å². The lowest BCUT2D eigenvalue weighted by atomic mass is 9.94. The summed E-state index contributed by atoms with van der Waals surface area (Å²) in [5, 5.41) is 1.66. The van der Waals surface area contributed by atoms with Crippen LogP contribution in [-0.2, 0) is 4.74 Å². The van der Waals surface area contributed by atoms with E-state index in [0.717, 1.165) is 5.00 Å². The molecule has 1 amide bonds. The van der Waals surface area contributed by atoms with Gasteiger partial charge in [-0.15, -0.1) is 0 Å². The Bertz CT molecular complexity index is 816. The summed E-state index contributed by atoms with van der Waals surface area (Å²) < 4.78 is 23.8. The number of nitrogens with zero attached hydrogens (tertiary/aromatic N) is 3. The normalized spacial score (nSPS) is 15.7. The maximum absolute atomic E-state index is 14.2. The third kappa shape index (κ3) is 3.69. The molecule has 0 saturated carbocycles. The van der Waals surface area contributed by atoms with Gasteiger partial charge in [0.1, 0.15) is 29.8 Å². The first-order chi connectivity index (χ1) is 11.7. The number of halogens is 2. The maximum Gasteiger partial charge on any atom is 0.410 e. The summed E-state index contributed by atoms with van der Waals surface area (Å²) in [6.07, 6.45) is -0.317. The van der Waals surface area contributed by atoms with Crippen LogP contribution in [0.25, 0.3) is 10.9 Å². The zero-order valence-electron chi connectivity index (χ0n) is 14.3. The van der Waals surface area contributed by atoms with Crippen LogP contribution in [0.2, 0.25) is 5.02 Å². The summed E-state index contributed by atoms with van der Waals surface area (Å²) in [5.74, 6) is -0.586. The highest BCUT2D eigenvalue weighted by Gasteiger charge is 2.27. The number of carbonyl (C=O) groups excluding carboxylic acids is 1. The van der Waals surface area contributed by atoms with E-state index in [0.29, 0.717) is 31.6 Å². The molecule has 2 heterocycles. The smallest absolute Gasteiger partial charge is 0.410 e. The van der Waals surface area contributed by atoms with Gasteiger partial charge in [0.05, 0.1) is 0 Å². The summed E-state index contributed by atoms with van der Waals surface area (Å²) >= 11 is 7.22. The number of hydrogen-bond acceptors (Lipinski definition) is 5. The van der Waals surface area contributed by atoms with Crippen molar-refractivity contribution in [2.24, 2.45) is 0 Å². The Labute approximate surface area is 156 Å². The van der Waals surface area contributed by atoms with Crippen molar-refractivity contribution in [1.82, 2.24) is 9.27 Å². The molecule has 0 aliphatic carbocycles. The minimum Gasteiger partial charge on any atom is -0.444 e. The lowest BCUT2D eigenvalue weighted by molar-refractivity contribution is 0.0241. The minimum atomic E-state index is -0.586. The molecule has 1 aromatic carbocycles. The van der Waals surface area contributed by atoms with Gasteiger partial charge in [-0.25, -0.2) is 9.18 Å². The van der Waals surface area contributed by atoms with Gasteiger partial charge in [-0.05, 0) is 43.8 Å². The van der Waals surface area contributed by atoms with Crippen LogP contribution < -0.4 is 10.4 Å². The molecule has 0 unspecified atom stereocenters. The van der Waals surface area contributed by atoms with E-state index >= 15 is 0 Å². The van der Waals surface area contributed by atoms with Gasteiger partial charge in [0, 0.05) is 36.6 Å². The van der Waals surface area contributed by atoms with Gasteiger partial charge in [0.2, 0.25) is 0 Å². The van der Waals surface area contributed by atoms with Crippen molar-refractivity contribution in [3.8, 4) is 0 Å². The van der Waals surface area contributed by atoms with Crippen molar-refractivity contribution < 1.29 is 13.9 Å². The first-order valence-corrected chi connectivity index (χ1v) is 9.08. The molecule has 0 N–H and O–H groups in total. The molecule has 9 heteroatoms. The van der Waals surface area contributed by atoms with Crippen molar-refractivity contribution in [1.29, 1.82) is 0 Å². The van der Waals surface area contributed by atoms with Crippen LogP contribution in [0.3, 0.4) is 0 Å². The molecule has 0 bridgehead atoms. The van der Waals surface area contributed by atoms with Crippen molar-refractivity contribution >= 4 is 58.4 Å². The van der Waals surface area contributed by atoms with Crippen LogP contribution in [-0.4, -0.2) is 55.0 Å². The average molecular weight is 382 g/mol. The molecule has 1 aromatic heterocycles. The SMILES string of the molecule is [B]c1c(Cl)cc2c(N3CCN(C(=O)OC(C)(C)C)CC3)snc2c1F. The van der Waals surface area contributed by atoms with Crippen LogP contribution in [0, 0.1) is 5.82 Å². The van der Waals surface area contributed by atoms with E-state index in [1.165, 1.54) is 11.5 Å². The fraction of sp³-hybridized carbons (Fsp3) is 0.500. The number of piperazine rings is 1. The standard InChI is InChI=1S/C16H18BClFN3O2S/c1-16(2,3)24-15(23)22-6-4-21(5-7-22)14-9-8-10(18)11(17)12(19)13(9)20-25-14/h8H,4-7H2,1-3H3. The van der Waals surface area contributed by atoms with E-state index in [2.05, 4.69) is 9.27 Å². The van der Waals surface area contributed by atoms with Gasteiger partial charge >= 0.3 is 6.09 Å². The number of ether oxygens (including phenoxy) is 1. The number of rotatable bonds is 1. The average Bonchev–Trinajstić information content (AvgIpc) is 2.95. The Morgan fingerprint density at radius 1 is 1.36 bits per heavy atom. The highest BCUT2D eigenvalue weighted by Crippen LogP contribution is 2.34. The number of aromatic nitrogens is 1. The lowest BCUT2D eigenvalue weighted by Crippen LogP contribution is -2.50. The highest BCUT2D eigenvalue weighted by molar-refractivity contribution is 7.11. The molecule has 2 aromatic rings. The summed E-state index contributed by atoms with van der Waals surface area (Å²) in [7, 11) is 5.62. The highest BCUT2D eigenvalue weighted by atomic mass is 35.5. The minimum absolute atomic E-state index is 0.0826. The third-order valence-electron chi connectivity index (χ3n) is 3.90. The Kier molecular flexibility index (Phi) is 4.85. The fourth-order valence-corrected chi connectivity index (χ4v) is 3.76. The van der Waals surface area contributed by atoms with Crippen molar-refractivity contribution in [2.75, 3.05) is 31.1 Å². The van der Waals surface area contributed by atoms with Gasteiger partial charge in [0.25, 0.3) is 0 Å². The summed E-state index contributed by atoms with van der Waals surface area (Å²) in [5.41, 5.74) is -0.367. The molecule has 5 nitrogen and oxygen atoms in total. The van der Waals surface area contributed by atoms with E-state index in [9.17, 15) is 9.18 Å². The van der Waals surface area contributed by atoms with Gasteiger partial charge in [0.15, 0.2) is 0 Å². The first kappa shape index (κ1) is 18.3. The zero-order chi connectivity index (χ0) is 18.4. The van der Waals surface area contributed by atoms with E-state index in [4.69, 9.17) is 24.2 Å². The number of fused-ring (bicyclic) bond motifs is 1. The van der Waals surface area contributed by atoms with Crippen molar-refractivity contribution in [3.05, 3.63) is 16.9 Å². The van der Waals surface area contributed by atoms with Crippen molar-refractivity contribution in [2.45, 2.75) is 26.4 Å². The van der Waals surface area contributed by atoms with Crippen LogP contribution in [0.15, 0.2) is 6.07 Å². The molecular weight excluding hydrogens is 364 g/mol. The number of amides is 1. The topological polar surface area (TPSA) is 45.7 Å². The summed E-state index contributed by atoms with van der Waals surface area (Å²) in [4.78, 5) is 15.9. The van der Waals surface area contributed by atoms with Gasteiger partial charge < -0.3 is 14.5 Å². The molecule has 0 atom stereocenters. The van der Waals surface area contributed by atoms with Gasteiger partial charge in [-0.1, -0.05) is 11.6 Å². The largest absolute Gasteiger partial charge is 0.444 e. The Morgan fingerprint density at radius 2 is 2.00 bits per heavy atom. The second-order valence-corrected chi connectivity index (χ2v) is 8.08. The van der Waals surface area contributed by atoms with E-state index < -0.39 is 11.4 Å². The van der Waals surface area contributed by atoms with Crippen LogP contribution >= 0.6 is 23.1 Å². The molecule has 3 rings (SSSR count). The lowest BCUT2D eigenvalue weighted by Gasteiger charge is -2.36. The van der Waals surface area contributed by atoms with Gasteiger partial charge in [-0.3, -0.25) is 0 Å². The molecule has 2 radical (unpaired) electrons. The predicted octanol–water partition coefficient (Wildman–Crippen LogP) is 2.94. The molecule has 1 saturated heterocycles. The third-order valence-corrected chi connectivity index (χ3v) is 5.14.